The number of nitrogens with one attached hydrogen (secondary N) is 1. The number of aryl methyl sites for hydroxylation is 1. The van der Waals surface area contributed by atoms with E-state index in [1.165, 1.54) is 36.4 Å². The van der Waals surface area contributed by atoms with Gasteiger partial charge in [0.05, 0.1) is 11.5 Å². The van der Waals surface area contributed by atoms with Gasteiger partial charge in [-0.2, -0.15) is 0 Å². The second-order valence-corrected chi connectivity index (χ2v) is 5.80. The Bertz CT molecular complexity index is 1000. The van der Waals surface area contributed by atoms with Crippen molar-refractivity contribution >= 4 is 39.7 Å². The first-order valence-electron chi connectivity index (χ1n) is 7.26. The second kappa shape index (κ2) is 6.52. The van der Waals surface area contributed by atoms with E-state index in [4.69, 9.17) is 16.0 Å². The highest BCUT2D eigenvalue weighted by Gasteiger charge is 2.18. The summed E-state index contributed by atoms with van der Waals surface area (Å²) in [5, 5.41) is 14.2. The lowest BCUT2D eigenvalue weighted by atomic mass is 10.1. The molecule has 0 aliphatic heterocycles. The molecule has 0 atom stereocenters. The normalized spacial score (nSPS) is 10.8. The summed E-state index contributed by atoms with van der Waals surface area (Å²) in [6.07, 6.45) is 0. The number of hydrogen-bond acceptors (Lipinski definition) is 5. The Labute approximate surface area is 146 Å². The van der Waals surface area contributed by atoms with Gasteiger partial charge in [0.2, 0.25) is 5.78 Å². The van der Waals surface area contributed by atoms with E-state index in [9.17, 15) is 19.3 Å². The van der Waals surface area contributed by atoms with Gasteiger partial charge in [-0.1, -0.05) is 11.6 Å². The molecule has 8 heteroatoms. The molecule has 0 saturated carbocycles. The number of carbonyl (C=O) groups excluding carboxylic acids is 1. The summed E-state index contributed by atoms with van der Waals surface area (Å²) in [6.45, 7) is 1.54. The van der Waals surface area contributed by atoms with Crippen molar-refractivity contribution in [3.8, 4) is 0 Å². The van der Waals surface area contributed by atoms with E-state index in [0.29, 0.717) is 22.2 Å². The molecule has 0 aliphatic rings. The van der Waals surface area contributed by atoms with Crippen LogP contribution in [0.5, 0.6) is 0 Å². The average Bonchev–Trinajstić information content (AvgIpc) is 2.90. The molecule has 0 aliphatic carbocycles. The Morgan fingerprint density at radius 1 is 1.32 bits per heavy atom. The summed E-state index contributed by atoms with van der Waals surface area (Å²) in [5.41, 5.74) is 1.09. The van der Waals surface area contributed by atoms with E-state index in [0.717, 1.165) is 0 Å². The van der Waals surface area contributed by atoms with Crippen molar-refractivity contribution in [3.63, 3.8) is 0 Å². The Hall–Kier alpha value is -2.93. The molecular formula is C17H12ClFN2O4. The fraction of sp³-hybridized carbons (Fsp3) is 0.118. The molecule has 0 unspecified atom stereocenters. The number of nitro benzene ring substituents is 1. The molecular weight excluding hydrogens is 351 g/mol. The van der Waals surface area contributed by atoms with Gasteiger partial charge in [0.1, 0.15) is 16.4 Å². The van der Waals surface area contributed by atoms with E-state index >= 15 is 0 Å². The molecule has 0 radical (unpaired) electrons. The maximum absolute atomic E-state index is 13.3. The quantitative estimate of drug-likeness (QED) is 0.402. The minimum absolute atomic E-state index is 0.0111. The molecule has 128 valence electrons. The molecule has 1 heterocycles. The van der Waals surface area contributed by atoms with Crippen LogP contribution >= 0.6 is 11.6 Å². The SMILES string of the molecule is Cc1c(C(=O)CNc2ccc(Cl)c([N+](=O)[O-])c2)oc2ccc(F)cc12. The number of hydrogen-bond donors (Lipinski definition) is 1. The molecule has 1 N–H and O–H groups in total. The van der Waals surface area contributed by atoms with E-state index in [1.807, 2.05) is 0 Å². The summed E-state index contributed by atoms with van der Waals surface area (Å²) in [5.74, 6) is -0.648. The predicted molar refractivity (Wildman–Crippen MR) is 91.8 cm³/mol. The smallest absolute Gasteiger partial charge is 0.289 e. The number of fused-ring (bicyclic) bond motifs is 1. The van der Waals surface area contributed by atoms with E-state index < -0.39 is 10.7 Å². The zero-order valence-electron chi connectivity index (χ0n) is 13.0. The molecule has 3 rings (SSSR count). The number of furan rings is 1. The van der Waals surface area contributed by atoms with Crippen LogP contribution in [0.25, 0.3) is 11.0 Å². The van der Waals surface area contributed by atoms with Gasteiger partial charge in [0, 0.05) is 22.7 Å². The molecule has 0 amide bonds. The first-order valence-corrected chi connectivity index (χ1v) is 7.64. The van der Waals surface area contributed by atoms with Crippen LogP contribution in [0, 0.1) is 22.9 Å². The van der Waals surface area contributed by atoms with Crippen molar-refractivity contribution in [1.29, 1.82) is 0 Å². The minimum atomic E-state index is -0.604. The lowest BCUT2D eigenvalue weighted by molar-refractivity contribution is -0.384. The Kier molecular flexibility index (Phi) is 4.41. The number of carbonyl (C=O) groups is 1. The van der Waals surface area contributed by atoms with E-state index in [2.05, 4.69) is 5.32 Å². The molecule has 0 saturated heterocycles. The first kappa shape index (κ1) is 16.9. The number of rotatable bonds is 5. The molecule has 2 aromatic carbocycles. The van der Waals surface area contributed by atoms with Gasteiger partial charge < -0.3 is 9.73 Å². The molecule has 6 nitrogen and oxygen atoms in total. The lowest BCUT2D eigenvalue weighted by Gasteiger charge is -2.05. The van der Waals surface area contributed by atoms with Crippen LogP contribution < -0.4 is 5.32 Å². The van der Waals surface area contributed by atoms with Crippen LogP contribution in [-0.2, 0) is 0 Å². The van der Waals surface area contributed by atoms with Gasteiger partial charge in [0.25, 0.3) is 5.69 Å². The Balaban J connectivity index is 1.80. The van der Waals surface area contributed by atoms with E-state index in [1.54, 1.807) is 6.92 Å². The van der Waals surface area contributed by atoms with Crippen molar-refractivity contribution in [2.24, 2.45) is 0 Å². The van der Waals surface area contributed by atoms with Crippen LogP contribution in [0.3, 0.4) is 0 Å². The summed E-state index contributed by atoms with van der Waals surface area (Å²) in [4.78, 5) is 22.7. The third-order valence-corrected chi connectivity index (χ3v) is 4.07. The van der Waals surface area contributed by atoms with Crippen molar-refractivity contribution in [3.05, 3.63) is 68.7 Å². The third-order valence-electron chi connectivity index (χ3n) is 3.75. The van der Waals surface area contributed by atoms with Gasteiger partial charge in [0.15, 0.2) is 5.76 Å². The van der Waals surface area contributed by atoms with Crippen molar-refractivity contribution in [2.75, 3.05) is 11.9 Å². The maximum Gasteiger partial charge on any atom is 0.289 e. The first-order chi connectivity index (χ1) is 11.9. The standard InChI is InChI=1S/C17H12ClFN2O4/c1-9-12-6-10(19)2-5-16(12)25-17(9)15(22)8-20-11-3-4-13(18)14(7-11)21(23)24/h2-7,20H,8H2,1H3. The third kappa shape index (κ3) is 3.32. The lowest BCUT2D eigenvalue weighted by Crippen LogP contribution is -2.14. The minimum Gasteiger partial charge on any atom is -0.453 e. The molecule has 0 spiro atoms. The van der Waals surface area contributed by atoms with Crippen LogP contribution in [-0.4, -0.2) is 17.3 Å². The highest BCUT2D eigenvalue weighted by molar-refractivity contribution is 6.32. The number of halogens is 2. The fourth-order valence-corrected chi connectivity index (χ4v) is 2.67. The Morgan fingerprint density at radius 2 is 2.08 bits per heavy atom. The molecule has 3 aromatic rings. The zero-order valence-corrected chi connectivity index (χ0v) is 13.8. The second-order valence-electron chi connectivity index (χ2n) is 5.40. The molecule has 0 bridgehead atoms. The van der Waals surface area contributed by atoms with Crippen LogP contribution in [0.4, 0.5) is 15.8 Å². The number of anilines is 1. The molecule has 0 fully saturated rings. The van der Waals surface area contributed by atoms with Gasteiger partial charge in [-0.3, -0.25) is 14.9 Å². The van der Waals surface area contributed by atoms with Crippen molar-refractivity contribution in [1.82, 2.24) is 0 Å². The van der Waals surface area contributed by atoms with Gasteiger partial charge in [-0.05, 0) is 37.3 Å². The number of nitrogens with zero attached hydrogens (tertiary/aromatic N) is 1. The Morgan fingerprint density at radius 3 is 2.80 bits per heavy atom. The van der Waals surface area contributed by atoms with Crippen LogP contribution in [0.15, 0.2) is 40.8 Å². The number of Topliss-reactive ketones (excluding diaryl/α,β-unsaturated/α-hetero) is 1. The van der Waals surface area contributed by atoms with E-state index in [-0.39, 0.29) is 28.8 Å². The summed E-state index contributed by atoms with van der Waals surface area (Å²) in [6, 6.07) is 8.18. The fourth-order valence-electron chi connectivity index (χ4n) is 2.48. The van der Waals surface area contributed by atoms with Gasteiger partial charge in [-0.15, -0.1) is 0 Å². The summed E-state index contributed by atoms with van der Waals surface area (Å²) >= 11 is 5.75. The van der Waals surface area contributed by atoms with Crippen LogP contribution in [0.1, 0.15) is 16.1 Å². The number of nitro groups is 1. The average molecular weight is 363 g/mol. The number of ketones is 1. The molecule has 1 aromatic heterocycles. The highest BCUT2D eigenvalue weighted by Crippen LogP contribution is 2.28. The zero-order chi connectivity index (χ0) is 18.1. The van der Waals surface area contributed by atoms with Crippen LogP contribution in [0.2, 0.25) is 5.02 Å². The predicted octanol–water partition coefficient (Wildman–Crippen LogP) is 4.74. The van der Waals surface area contributed by atoms with Gasteiger partial charge >= 0.3 is 0 Å². The molecule has 25 heavy (non-hydrogen) atoms. The monoisotopic (exact) mass is 362 g/mol. The summed E-state index contributed by atoms with van der Waals surface area (Å²) in [7, 11) is 0. The topological polar surface area (TPSA) is 85.4 Å². The maximum atomic E-state index is 13.3. The van der Waals surface area contributed by atoms with Crippen molar-refractivity contribution < 1.29 is 18.5 Å². The largest absolute Gasteiger partial charge is 0.453 e. The number of benzene rings is 2. The highest BCUT2D eigenvalue weighted by atomic mass is 35.5. The van der Waals surface area contributed by atoms with Crippen molar-refractivity contribution in [2.45, 2.75) is 6.92 Å². The van der Waals surface area contributed by atoms with Gasteiger partial charge in [-0.25, -0.2) is 4.39 Å². The summed E-state index contributed by atoms with van der Waals surface area (Å²) < 4.78 is 18.8.